The minimum absolute atomic E-state index is 0.859. The van der Waals surface area contributed by atoms with Crippen molar-refractivity contribution < 1.29 is 0 Å². The molecule has 0 aliphatic rings. The fourth-order valence-electron chi connectivity index (χ4n) is 9.27. The summed E-state index contributed by atoms with van der Waals surface area (Å²) in [5.41, 5.74) is 16.7. The Hall–Kier alpha value is -8.02. The van der Waals surface area contributed by atoms with Gasteiger partial charge < -0.3 is 9.47 Å². The van der Waals surface area contributed by atoms with Crippen molar-refractivity contribution in [1.29, 1.82) is 0 Å². The topological polar surface area (TPSA) is 38.9 Å². The van der Waals surface area contributed by atoms with Crippen molar-refractivity contribution in [2.24, 2.45) is 0 Å². The zero-order valence-electron chi connectivity index (χ0n) is 33.9. The van der Waals surface area contributed by atoms with E-state index in [0.29, 0.717) is 0 Å². The van der Waals surface area contributed by atoms with Crippen LogP contribution in [0, 0.1) is 13.8 Å². The predicted molar refractivity (Wildman–Crippen MR) is 254 cm³/mol. The van der Waals surface area contributed by atoms with Gasteiger partial charge in [0.25, 0.3) is 0 Å². The molecule has 7 aromatic carbocycles. The molecule has 11 rings (SSSR count). The van der Waals surface area contributed by atoms with E-state index in [4.69, 9.17) is 9.97 Å². The third-order valence-electron chi connectivity index (χ3n) is 11.8. The van der Waals surface area contributed by atoms with E-state index in [0.717, 1.165) is 78.7 Å². The van der Waals surface area contributed by atoms with Gasteiger partial charge in [0, 0.05) is 56.7 Å². The highest BCUT2D eigenvalue weighted by molar-refractivity contribution is 6.10. The molecule has 290 valence electrons. The Morgan fingerprint density at radius 2 is 1.00 bits per heavy atom. The van der Waals surface area contributed by atoms with E-state index >= 15 is 0 Å². The molecule has 0 aliphatic carbocycles. The Kier molecular flexibility index (Phi) is 8.86. The zero-order chi connectivity index (χ0) is 40.9. The number of hydrogen-bond acceptors (Lipinski definition) is 3. The molecule has 0 saturated heterocycles. The van der Waals surface area contributed by atoms with Crippen molar-refractivity contribution in [3.8, 4) is 45.1 Å². The van der Waals surface area contributed by atoms with Crippen LogP contribution in [-0.4, -0.2) is 19.1 Å². The lowest BCUT2D eigenvalue weighted by molar-refractivity contribution is 1.05. The smallest absolute Gasteiger partial charge is 0.137 e. The van der Waals surface area contributed by atoms with E-state index in [2.05, 4.69) is 210 Å². The van der Waals surface area contributed by atoms with Crippen LogP contribution in [0.2, 0.25) is 0 Å². The van der Waals surface area contributed by atoms with Crippen molar-refractivity contribution in [2.45, 2.75) is 13.8 Å². The van der Waals surface area contributed by atoms with Gasteiger partial charge in [-0.25, -0.2) is 4.98 Å². The first kappa shape index (κ1) is 36.1. The van der Waals surface area contributed by atoms with Crippen LogP contribution in [0.1, 0.15) is 11.1 Å². The molecular formula is C56H41N5. The van der Waals surface area contributed by atoms with Crippen LogP contribution in [0.3, 0.4) is 0 Å². The van der Waals surface area contributed by atoms with Gasteiger partial charge in [0.2, 0.25) is 0 Å². The summed E-state index contributed by atoms with van der Waals surface area (Å²) in [6.07, 6.45) is 3.73. The Morgan fingerprint density at radius 3 is 1.66 bits per heavy atom. The van der Waals surface area contributed by atoms with Crippen LogP contribution in [0.25, 0.3) is 77.9 Å². The summed E-state index contributed by atoms with van der Waals surface area (Å²) in [6, 6.07) is 71.4. The molecule has 0 radical (unpaired) electrons. The highest BCUT2D eigenvalue weighted by Gasteiger charge is 2.25. The van der Waals surface area contributed by atoms with Crippen molar-refractivity contribution in [3.63, 3.8) is 0 Å². The number of benzene rings is 7. The molecule has 0 N–H and O–H groups in total. The first-order valence-corrected chi connectivity index (χ1v) is 20.7. The number of rotatable bonds is 8. The zero-order valence-corrected chi connectivity index (χ0v) is 33.9. The second-order valence-electron chi connectivity index (χ2n) is 15.6. The minimum atomic E-state index is 0.859. The average Bonchev–Trinajstić information content (AvgIpc) is 3.84. The maximum absolute atomic E-state index is 4.97. The van der Waals surface area contributed by atoms with Gasteiger partial charge in [-0.3, -0.25) is 9.55 Å². The Balaban J connectivity index is 1.18. The lowest BCUT2D eigenvalue weighted by atomic mass is 9.98. The number of para-hydroxylation sites is 2. The summed E-state index contributed by atoms with van der Waals surface area (Å²) in [4.78, 5) is 12.1. The highest BCUT2D eigenvalue weighted by atomic mass is 15.2. The molecule has 0 bridgehead atoms. The molecular weight excluding hydrogens is 743 g/mol. The van der Waals surface area contributed by atoms with Crippen LogP contribution in [-0.2, 0) is 0 Å². The monoisotopic (exact) mass is 783 g/mol. The molecule has 4 heterocycles. The largest absolute Gasteiger partial charge is 0.310 e. The van der Waals surface area contributed by atoms with Crippen molar-refractivity contribution >= 4 is 49.8 Å². The van der Waals surface area contributed by atoms with Crippen molar-refractivity contribution in [3.05, 3.63) is 224 Å². The Bertz CT molecular complexity index is 3290. The molecule has 0 aliphatic heterocycles. The van der Waals surface area contributed by atoms with E-state index < -0.39 is 0 Å². The molecule has 61 heavy (non-hydrogen) atoms. The maximum Gasteiger partial charge on any atom is 0.137 e. The maximum atomic E-state index is 4.97. The predicted octanol–water partition coefficient (Wildman–Crippen LogP) is 14.6. The summed E-state index contributed by atoms with van der Waals surface area (Å²) in [5.74, 6) is 0.859. The van der Waals surface area contributed by atoms with Gasteiger partial charge in [-0.15, -0.1) is 0 Å². The molecule has 0 saturated carbocycles. The number of anilines is 3. The minimum Gasteiger partial charge on any atom is -0.310 e. The van der Waals surface area contributed by atoms with E-state index in [-0.39, 0.29) is 0 Å². The first-order chi connectivity index (χ1) is 30.1. The second-order valence-corrected chi connectivity index (χ2v) is 15.6. The summed E-state index contributed by atoms with van der Waals surface area (Å²) in [5, 5.41) is 3.65. The van der Waals surface area contributed by atoms with Crippen molar-refractivity contribution in [1.82, 2.24) is 19.1 Å². The fraction of sp³-hybridized carbons (Fsp3) is 0.0357. The van der Waals surface area contributed by atoms with Gasteiger partial charge in [-0.05, 0) is 109 Å². The van der Waals surface area contributed by atoms with Gasteiger partial charge >= 0.3 is 0 Å². The third kappa shape index (κ3) is 6.18. The van der Waals surface area contributed by atoms with Crippen LogP contribution in [0.4, 0.5) is 17.1 Å². The quantitative estimate of drug-likeness (QED) is 0.154. The van der Waals surface area contributed by atoms with E-state index in [1.54, 1.807) is 0 Å². The Labute approximate surface area is 355 Å². The van der Waals surface area contributed by atoms with E-state index in [1.165, 1.54) is 27.4 Å². The van der Waals surface area contributed by atoms with Crippen LogP contribution in [0.5, 0.6) is 0 Å². The fourth-order valence-corrected chi connectivity index (χ4v) is 9.27. The van der Waals surface area contributed by atoms with Crippen LogP contribution < -0.4 is 4.90 Å². The van der Waals surface area contributed by atoms with Gasteiger partial charge in [0.05, 0.1) is 33.6 Å². The normalized spacial score (nSPS) is 11.4. The molecule has 4 aromatic heterocycles. The number of fused-ring (bicyclic) bond motifs is 4. The standard InChI is InChI=1S/C56H41N5/c1-38-34-45(60-50-27-11-9-24-46(50)47-25-10-12-28-51(47)60)35-39(2)55(38)59(43-23-17-22-42(36-43)49-26-13-15-32-57-49)44-30-31-48-52(37-44)61(53-29-14-16-33-58-53)56(41-20-7-4-8-21-41)54(48)40-18-5-3-6-19-40/h3-37H,1-2H3. The van der Waals surface area contributed by atoms with Gasteiger partial charge in [-0.2, -0.15) is 0 Å². The lowest BCUT2D eigenvalue weighted by Gasteiger charge is -2.30. The van der Waals surface area contributed by atoms with E-state index in [9.17, 15) is 0 Å². The van der Waals surface area contributed by atoms with Crippen LogP contribution in [0.15, 0.2) is 213 Å². The number of aryl methyl sites for hydroxylation is 2. The third-order valence-corrected chi connectivity index (χ3v) is 11.8. The van der Waals surface area contributed by atoms with Crippen LogP contribution >= 0.6 is 0 Å². The number of pyridine rings is 2. The number of nitrogens with zero attached hydrogens (tertiary/aromatic N) is 5. The molecule has 0 spiro atoms. The average molecular weight is 784 g/mol. The summed E-state index contributed by atoms with van der Waals surface area (Å²) in [6.45, 7) is 4.48. The van der Waals surface area contributed by atoms with Gasteiger partial charge in [0.15, 0.2) is 0 Å². The first-order valence-electron chi connectivity index (χ1n) is 20.7. The second kappa shape index (κ2) is 15.0. The lowest BCUT2D eigenvalue weighted by Crippen LogP contribution is -2.14. The molecule has 0 amide bonds. The molecule has 5 nitrogen and oxygen atoms in total. The van der Waals surface area contributed by atoms with Crippen molar-refractivity contribution in [2.75, 3.05) is 4.90 Å². The molecule has 5 heteroatoms. The number of hydrogen-bond donors (Lipinski definition) is 0. The number of aromatic nitrogens is 4. The van der Waals surface area contributed by atoms with Gasteiger partial charge in [0.1, 0.15) is 5.82 Å². The summed E-state index contributed by atoms with van der Waals surface area (Å²) >= 11 is 0. The highest BCUT2D eigenvalue weighted by Crippen LogP contribution is 2.47. The molecule has 0 atom stereocenters. The molecule has 11 aromatic rings. The molecule has 0 fully saturated rings. The van der Waals surface area contributed by atoms with E-state index in [1.807, 2.05) is 30.6 Å². The summed E-state index contributed by atoms with van der Waals surface area (Å²) < 4.78 is 4.74. The Morgan fingerprint density at radius 1 is 0.410 bits per heavy atom. The summed E-state index contributed by atoms with van der Waals surface area (Å²) in [7, 11) is 0. The molecule has 0 unspecified atom stereocenters. The SMILES string of the molecule is Cc1cc(-n2c3ccccc3c3ccccc32)cc(C)c1N(c1cccc(-c2ccccn2)c1)c1ccc2c(-c3ccccc3)c(-c3ccccc3)n(-c3ccccn3)c2c1. The van der Waals surface area contributed by atoms with Gasteiger partial charge in [-0.1, -0.05) is 127 Å².